The molecule has 0 radical (unpaired) electrons. The molecule has 6 nitrogen and oxygen atoms in total. The molecule has 0 aliphatic heterocycles. The highest BCUT2D eigenvalue weighted by Crippen LogP contribution is 2.15. The molecule has 1 aromatic rings. The lowest BCUT2D eigenvalue weighted by Crippen LogP contribution is -2.50. The molecule has 1 aromatic heterocycles. The van der Waals surface area contributed by atoms with Gasteiger partial charge >= 0.3 is 0 Å². The highest BCUT2D eigenvalue weighted by atomic mass is 16.3. The van der Waals surface area contributed by atoms with Crippen molar-refractivity contribution in [3.8, 4) is 5.88 Å². The molecule has 1 heterocycles. The lowest BCUT2D eigenvalue weighted by Gasteiger charge is -2.30. The fourth-order valence-electron chi connectivity index (χ4n) is 1.66. The minimum Gasteiger partial charge on any atom is -0.494 e. The molecule has 0 atom stereocenters. The van der Waals surface area contributed by atoms with Gasteiger partial charge in [0, 0.05) is 12.1 Å². The average molecular weight is 254 g/mol. The largest absolute Gasteiger partial charge is 0.494 e. The Balaban J connectivity index is 2.97. The van der Waals surface area contributed by atoms with Crippen molar-refractivity contribution in [2.75, 3.05) is 6.61 Å². The Morgan fingerprint density at radius 3 is 2.44 bits per heavy atom. The van der Waals surface area contributed by atoms with E-state index in [-0.39, 0.29) is 18.1 Å². The van der Waals surface area contributed by atoms with Crippen LogP contribution in [-0.2, 0) is 0 Å². The smallest absolute Gasteiger partial charge is 0.252 e. The number of pyridine rings is 1. The quantitative estimate of drug-likeness (QED) is 0.609. The van der Waals surface area contributed by atoms with E-state index in [9.17, 15) is 19.8 Å². The summed E-state index contributed by atoms with van der Waals surface area (Å²) < 4.78 is 0. The Morgan fingerprint density at radius 1 is 1.39 bits per heavy atom. The van der Waals surface area contributed by atoms with E-state index in [4.69, 9.17) is 0 Å². The molecular formula is C12H18N2O4. The van der Waals surface area contributed by atoms with Gasteiger partial charge < -0.3 is 15.5 Å². The standard InChI is InChI=1S/C12H18N2O4/c1-3-12(4-2,7-15)14-11(18)8-5-9(16)13-10(17)6-8/h5-6,15H,3-4,7H2,1-2H3,(H,14,18)(H2,13,16,17). The van der Waals surface area contributed by atoms with Gasteiger partial charge in [-0.05, 0) is 12.8 Å². The highest BCUT2D eigenvalue weighted by Gasteiger charge is 2.27. The lowest BCUT2D eigenvalue weighted by atomic mass is 9.93. The monoisotopic (exact) mass is 254 g/mol. The third-order valence-electron chi connectivity index (χ3n) is 3.13. The Kier molecular flexibility index (Phi) is 4.49. The lowest BCUT2D eigenvalue weighted by molar-refractivity contribution is 0.0817. The van der Waals surface area contributed by atoms with Crippen LogP contribution in [0.2, 0.25) is 0 Å². The van der Waals surface area contributed by atoms with E-state index in [2.05, 4.69) is 10.3 Å². The van der Waals surface area contributed by atoms with Gasteiger partial charge in [0.2, 0.25) is 0 Å². The van der Waals surface area contributed by atoms with Crippen molar-refractivity contribution in [2.45, 2.75) is 32.2 Å². The van der Waals surface area contributed by atoms with Gasteiger partial charge in [0.15, 0.2) is 5.88 Å². The maximum absolute atomic E-state index is 12.0. The van der Waals surface area contributed by atoms with Crippen LogP contribution in [0.4, 0.5) is 0 Å². The molecule has 0 aliphatic carbocycles. The number of nitrogens with one attached hydrogen (secondary N) is 2. The summed E-state index contributed by atoms with van der Waals surface area (Å²) >= 11 is 0. The van der Waals surface area contributed by atoms with Crippen LogP contribution in [0.3, 0.4) is 0 Å². The molecule has 0 bridgehead atoms. The first-order valence-corrected chi connectivity index (χ1v) is 5.83. The van der Waals surface area contributed by atoms with Gasteiger partial charge in [-0.3, -0.25) is 14.6 Å². The van der Waals surface area contributed by atoms with Crippen molar-refractivity contribution in [3.05, 3.63) is 28.0 Å². The summed E-state index contributed by atoms with van der Waals surface area (Å²) in [6.45, 7) is 3.53. The second-order valence-corrected chi connectivity index (χ2v) is 4.22. The summed E-state index contributed by atoms with van der Waals surface area (Å²) in [4.78, 5) is 25.2. The molecule has 6 heteroatoms. The van der Waals surface area contributed by atoms with E-state index in [0.717, 1.165) is 6.07 Å². The van der Waals surface area contributed by atoms with E-state index >= 15 is 0 Å². The minimum atomic E-state index is -0.699. The number of hydrogen-bond acceptors (Lipinski definition) is 4. The number of aliphatic hydroxyl groups is 1. The molecule has 0 spiro atoms. The number of aromatic nitrogens is 1. The predicted octanol–water partition coefficient (Wildman–Crippen LogP) is 0.361. The Morgan fingerprint density at radius 2 is 2.00 bits per heavy atom. The van der Waals surface area contributed by atoms with Crippen molar-refractivity contribution in [2.24, 2.45) is 0 Å². The van der Waals surface area contributed by atoms with Gasteiger partial charge in [0.1, 0.15) is 0 Å². The molecule has 0 saturated heterocycles. The van der Waals surface area contributed by atoms with Gasteiger partial charge in [-0.25, -0.2) is 0 Å². The molecule has 0 saturated carbocycles. The van der Waals surface area contributed by atoms with Crippen LogP contribution in [0.5, 0.6) is 5.88 Å². The van der Waals surface area contributed by atoms with Crippen LogP contribution >= 0.6 is 0 Å². The van der Waals surface area contributed by atoms with Gasteiger partial charge in [-0.2, -0.15) is 0 Å². The summed E-state index contributed by atoms with van der Waals surface area (Å²) in [6, 6.07) is 2.27. The number of carbonyl (C=O) groups excluding carboxylic acids is 1. The van der Waals surface area contributed by atoms with Crippen molar-refractivity contribution < 1.29 is 15.0 Å². The molecule has 1 rings (SSSR count). The van der Waals surface area contributed by atoms with Crippen LogP contribution in [0.15, 0.2) is 16.9 Å². The highest BCUT2D eigenvalue weighted by molar-refractivity contribution is 5.94. The van der Waals surface area contributed by atoms with Crippen molar-refractivity contribution in [1.82, 2.24) is 10.3 Å². The molecule has 0 fully saturated rings. The summed E-state index contributed by atoms with van der Waals surface area (Å²) in [6.07, 6.45) is 1.14. The molecule has 0 aromatic carbocycles. The van der Waals surface area contributed by atoms with Gasteiger partial charge in [0.25, 0.3) is 11.5 Å². The maximum Gasteiger partial charge on any atom is 0.252 e. The Labute approximate surface area is 105 Å². The number of rotatable bonds is 5. The number of aliphatic hydroxyl groups excluding tert-OH is 1. The van der Waals surface area contributed by atoms with Crippen LogP contribution in [0.25, 0.3) is 0 Å². The molecule has 4 N–H and O–H groups in total. The average Bonchev–Trinajstić information content (AvgIpc) is 2.35. The topological polar surface area (TPSA) is 102 Å². The SMILES string of the molecule is CCC(CC)(CO)NC(=O)c1cc(O)[nH]c(=O)c1. The zero-order valence-electron chi connectivity index (χ0n) is 10.5. The first-order valence-electron chi connectivity index (χ1n) is 5.83. The summed E-state index contributed by atoms with van der Waals surface area (Å²) in [5.41, 5.74) is -1.19. The first kappa shape index (κ1) is 14.2. The number of aromatic hydroxyl groups is 1. The zero-order chi connectivity index (χ0) is 13.8. The number of aromatic amines is 1. The second kappa shape index (κ2) is 5.68. The molecule has 18 heavy (non-hydrogen) atoms. The fourth-order valence-corrected chi connectivity index (χ4v) is 1.66. The van der Waals surface area contributed by atoms with Gasteiger partial charge in [0.05, 0.1) is 17.7 Å². The minimum absolute atomic E-state index is 0.0657. The maximum atomic E-state index is 12.0. The van der Waals surface area contributed by atoms with Crippen LogP contribution < -0.4 is 10.9 Å². The number of H-pyrrole nitrogens is 1. The third-order valence-corrected chi connectivity index (χ3v) is 3.13. The van der Waals surface area contributed by atoms with Gasteiger partial charge in [-0.15, -0.1) is 0 Å². The van der Waals surface area contributed by atoms with E-state index in [0.29, 0.717) is 12.8 Å². The molecule has 0 aliphatic rings. The Bertz CT molecular complexity index is 469. The number of amides is 1. The summed E-state index contributed by atoms with van der Waals surface area (Å²) in [5.74, 6) is -0.857. The number of hydrogen-bond donors (Lipinski definition) is 4. The van der Waals surface area contributed by atoms with E-state index < -0.39 is 17.0 Å². The molecule has 0 unspecified atom stereocenters. The molecule has 1 amide bonds. The second-order valence-electron chi connectivity index (χ2n) is 4.22. The Hall–Kier alpha value is -1.82. The normalized spacial score (nSPS) is 11.3. The van der Waals surface area contributed by atoms with Crippen LogP contribution in [0, 0.1) is 0 Å². The van der Waals surface area contributed by atoms with Gasteiger partial charge in [-0.1, -0.05) is 13.8 Å². The van der Waals surface area contributed by atoms with E-state index in [1.165, 1.54) is 6.07 Å². The molecular weight excluding hydrogens is 236 g/mol. The van der Waals surface area contributed by atoms with Crippen molar-refractivity contribution >= 4 is 5.91 Å². The summed E-state index contributed by atoms with van der Waals surface area (Å²) in [5, 5.41) is 21.3. The first-order chi connectivity index (χ1) is 8.46. The predicted molar refractivity (Wildman–Crippen MR) is 66.6 cm³/mol. The van der Waals surface area contributed by atoms with Crippen LogP contribution in [0.1, 0.15) is 37.0 Å². The van der Waals surface area contributed by atoms with E-state index in [1.807, 2.05) is 13.8 Å². The van der Waals surface area contributed by atoms with E-state index in [1.54, 1.807) is 0 Å². The van der Waals surface area contributed by atoms with Crippen molar-refractivity contribution in [1.29, 1.82) is 0 Å². The fraction of sp³-hybridized carbons (Fsp3) is 0.500. The zero-order valence-corrected chi connectivity index (χ0v) is 10.5. The third kappa shape index (κ3) is 3.10. The van der Waals surface area contributed by atoms with Crippen molar-refractivity contribution in [3.63, 3.8) is 0 Å². The number of carbonyl (C=O) groups is 1. The van der Waals surface area contributed by atoms with Crippen LogP contribution in [-0.4, -0.2) is 33.3 Å². The molecule has 100 valence electrons. The summed E-state index contributed by atoms with van der Waals surface area (Å²) in [7, 11) is 0.